The highest BCUT2D eigenvalue weighted by Crippen LogP contribution is 2.33. The normalized spacial score (nSPS) is 16.5. The Balaban J connectivity index is 1.75. The number of hydrogen-bond donors (Lipinski definition) is 1. The number of rotatable bonds is 5. The molecule has 9 heteroatoms. The van der Waals surface area contributed by atoms with Gasteiger partial charge < -0.3 is 10.0 Å². The molecular formula is C20H17BrF2N4O2. The predicted molar refractivity (Wildman–Crippen MR) is 108 cm³/mol. The summed E-state index contributed by atoms with van der Waals surface area (Å²) in [5, 5.41) is 9.63. The van der Waals surface area contributed by atoms with Crippen LogP contribution in [0.1, 0.15) is 19.3 Å². The largest absolute Gasteiger partial charge is 0.481 e. The molecule has 0 radical (unpaired) electrons. The number of carboxylic acids is 1. The summed E-state index contributed by atoms with van der Waals surface area (Å²) in [5.74, 6) is -1.11. The van der Waals surface area contributed by atoms with Gasteiger partial charge in [0.25, 0.3) is 0 Å². The summed E-state index contributed by atoms with van der Waals surface area (Å²) in [6, 6.07) is 3.84. The van der Waals surface area contributed by atoms with Crippen molar-refractivity contribution in [1.29, 1.82) is 0 Å². The van der Waals surface area contributed by atoms with Crippen molar-refractivity contribution in [1.82, 2.24) is 15.0 Å². The lowest BCUT2D eigenvalue weighted by Crippen LogP contribution is -2.22. The lowest BCUT2D eigenvalue weighted by molar-refractivity contribution is -0.137. The van der Waals surface area contributed by atoms with Crippen LogP contribution in [0.4, 0.5) is 14.6 Å². The highest BCUT2D eigenvalue weighted by atomic mass is 79.9. The maximum Gasteiger partial charge on any atom is 0.303 e. The van der Waals surface area contributed by atoms with E-state index < -0.39 is 17.6 Å². The Morgan fingerprint density at radius 3 is 2.90 bits per heavy atom. The van der Waals surface area contributed by atoms with Crippen LogP contribution in [0.5, 0.6) is 0 Å². The van der Waals surface area contributed by atoms with Crippen LogP contribution in [-0.4, -0.2) is 39.1 Å². The first-order chi connectivity index (χ1) is 13.9. The number of benzene rings is 1. The SMILES string of the molecule is O=C(O)CCC1CCN(c2nc(-c3cc(F)c(Br)cc3F)nc3ccncc23)C1. The van der Waals surface area contributed by atoms with Crippen molar-refractivity contribution in [2.45, 2.75) is 19.3 Å². The zero-order valence-electron chi connectivity index (χ0n) is 15.3. The summed E-state index contributed by atoms with van der Waals surface area (Å²) in [4.78, 5) is 26.0. The third-order valence-corrected chi connectivity index (χ3v) is 5.69. The minimum atomic E-state index is -0.810. The van der Waals surface area contributed by atoms with E-state index >= 15 is 0 Å². The van der Waals surface area contributed by atoms with Crippen molar-refractivity contribution in [3.8, 4) is 11.4 Å². The van der Waals surface area contributed by atoms with Gasteiger partial charge in [-0.05, 0) is 52.9 Å². The maximum atomic E-state index is 14.5. The third-order valence-electron chi connectivity index (χ3n) is 5.08. The van der Waals surface area contributed by atoms with Crippen molar-refractivity contribution in [2.75, 3.05) is 18.0 Å². The molecule has 0 amide bonds. The Hall–Kier alpha value is -2.68. The van der Waals surface area contributed by atoms with Crippen molar-refractivity contribution in [2.24, 2.45) is 5.92 Å². The molecule has 1 fully saturated rings. The molecule has 1 aliphatic heterocycles. The summed E-state index contributed by atoms with van der Waals surface area (Å²) in [6.07, 6.45) is 4.79. The van der Waals surface area contributed by atoms with E-state index in [0.717, 1.165) is 18.6 Å². The molecule has 1 N–H and O–H groups in total. The highest BCUT2D eigenvalue weighted by Gasteiger charge is 2.26. The molecule has 1 saturated heterocycles. The number of hydrogen-bond acceptors (Lipinski definition) is 5. The lowest BCUT2D eigenvalue weighted by Gasteiger charge is -2.20. The first-order valence-electron chi connectivity index (χ1n) is 9.16. The van der Waals surface area contributed by atoms with Crippen molar-refractivity contribution >= 4 is 38.6 Å². The van der Waals surface area contributed by atoms with E-state index in [1.165, 1.54) is 0 Å². The molecule has 1 aromatic carbocycles. The van der Waals surface area contributed by atoms with Crippen LogP contribution in [0.2, 0.25) is 0 Å². The molecule has 6 nitrogen and oxygen atoms in total. The fourth-order valence-corrected chi connectivity index (χ4v) is 3.92. The van der Waals surface area contributed by atoms with E-state index in [2.05, 4.69) is 30.9 Å². The van der Waals surface area contributed by atoms with E-state index in [9.17, 15) is 13.6 Å². The second-order valence-corrected chi connectivity index (χ2v) is 7.90. The van der Waals surface area contributed by atoms with E-state index in [0.29, 0.717) is 36.2 Å². The van der Waals surface area contributed by atoms with Crippen molar-refractivity contribution in [3.63, 3.8) is 0 Å². The third kappa shape index (κ3) is 4.05. The molecule has 29 heavy (non-hydrogen) atoms. The van der Waals surface area contributed by atoms with Crippen molar-refractivity contribution in [3.05, 3.63) is 46.7 Å². The second-order valence-electron chi connectivity index (χ2n) is 7.04. The number of aliphatic carboxylic acids is 1. The van der Waals surface area contributed by atoms with Crippen LogP contribution in [0, 0.1) is 17.6 Å². The Labute approximate surface area is 173 Å². The predicted octanol–water partition coefficient (Wildman–Crippen LogP) is 4.42. The van der Waals surface area contributed by atoms with Gasteiger partial charge in [-0.2, -0.15) is 0 Å². The molecule has 0 bridgehead atoms. The Morgan fingerprint density at radius 1 is 1.28 bits per heavy atom. The fraction of sp³-hybridized carbons (Fsp3) is 0.300. The van der Waals surface area contributed by atoms with Gasteiger partial charge in [-0.15, -0.1) is 0 Å². The Morgan fingerprint density at radius 2 is 2.10 bits per heavy atom. The van der Waals surface area contributed by atoms with Gasteiger partial charge in [-0.3, -0.25) is 9.78 Å². The summed E-state index contributed by atoms with van der Waals surface area (Å²) in [6.45, 7) is 1.34. The minimum absolute atomic E-state index is 0.0210. The molecular weight excluding hydrogens is 446 g/mol. The minimum Gasteiger partial charge on any atom is -0.481 e. The van der Waals surface area contributed by atoms with Gasteiger partial charge in [0, 0.05) is 31.9 Å². The maximum absolute atomic E-state index is 14.5. The first kappa shape index (κ1) is 19.6. The highest BCUT2D eigenvalue weighted by molar-refractivity contribution is 9.10. The van der Waals surface area contributed by atoms with E-state index in [4.69, 9.17) is 5.11 Å². The van der Waals surface area contributed by atoms with Gasteiger partial charge in [-0.1, -0.05) is 0 Å². The van der Waals surface area contributed by atoms with Gasteiger partial charge >= 0.3 is 5.97 Å². The van der Waals surface area contributed by atoms with Gasteiger partial charge in [0.1, 0.15) is 17.5 Å². The standard InChI is InChI=1S/C20H17BrF2N4O2/c21-14-8-15(22)12(7-16(14)23)19-25-17-3-5-24-9-13(17)20(26-19)27-6-4-11(10-27)1-2-18(28)29/h3,5,7-9,11H,1-2,4,6,10H2,(H,28,29). The average Bonchev–Trinajstić information content (AvgIpc) is 3.17. The molecule has 1 aliphatic rings. The number of nitrogens with zero attached hydrogens (tertiary/aromatic N) is 4. The summed E-state index contributed by atoms with van der Waals surface area (Å²) in [7, 11) is 0. The van der Waals surface area contributed by atoms with Crippen molar-refractivity contribution < 1.29 is 18.7 Å². The van der Waals surface area contributed by atoms with E-state index in [1.807, 2.05) is 4.90 Å². The smallest absolute Gasteiger partial charge is 0.303 e. The molecule has 0 aliphatic carbocycles. The van der Waals surface area contributed by atoms with Crippen LogP contribution < -0.4 is 4.90 Å². The van der Waals surface area contributed by atoms with Gasteiger partial charge in [0.15, 0.2) is 5.82 Å². The number of aromatic nitrogens is 3. The molecule has 0 spiro atoms. The monoisotopic (exact) mass is 462 g/mol. The van der Waals surface area contributed by atoms with Crippen LogP contribution >= 0.6 is 15.9 Å². The first-order valence-corrected chi connectivity index (χ1v) is 9.95. The van der Waals surface area contributed by atoms with Gasteiger partial charge in [0.2, 0.25) is 0 Å². The zero-order valence-corrected chi connectivity index (χ0v) is 16.9. The average molecular weight is 463 g/mol. The molecule has 3 aromatic rings. The second kappa shape index (κ2) is 7.98. The van der Waals surface area contributed by atoms with Gasteiger partial charge in [0.05, 0.1) is 20.9 Å². The number of carboxylic acid groups (broad SMARTS) is 1. The summed E-state index contributed by atoms with van der Waals surface area (Å²) >= 11 is 2.98. The molecule has 3 heterocycles. The van der Waals surface area contributed by atoms with Crippen LogP contribution in [0.3, 0.4) is 0 Å². The topological polar surface area (TPSA) is 79.2 Å². The fourth-order valence-electron chi connectivity index (χ4n) is 3.60. The molecule has 1 atom stereocenters. The number of anilines is 1. The Kier molecular flexibility index (Phi) is 5.40. The van der Waals surface area contributed by atoms with Crippen LogP contribution in [0.25, 0.3) is 22.3 Å². The zero-order chi connectivity index (χ0) is 20.5. The van der Waals surface area contributed by atoms with Gasteiger partial charge in [-0.25, -0.2) is 18.7 Å². The molecule has 150 valence electrons. The summed E-state index contributed by atoms with van der Waals surface area (Å²) in [5.41, 5.74) is 0.559. The molecule has 2 aromatic heterocycles. The molecule has 1 unspecified atom stereocenters. The number of fused-ring (bicyclic) bond motifs is 1. The summed E-state index contributed by atoms with van der Waals surface area (Å²) < 4.78 is 28.6. The van der Waals surface area contributed by atoms with Crippen LogP contribution in [-0.2, 0) is 4.79 Å². The number of halogens is 3. The van der Waals surface area contributed by atoms with Crippen LogP contribution in [0.15, 0.2) is 35.1 Å². The lowest BCUT2D eigenvalue weighted by atomic mass is 10.0. The molecule has 4 rings (SSSR count). The Bertz CT molecular complexity index is 1100. The van der Waals surface area contributed by atoms with E-state index in [1.54, 1.807) is 18.5 Å². The van der Waals surface area contributed by atoms with E-state index in [-0.39, 0.29) is 28.2 Å². The molecule has 0 saturated carbocycles. The number of pyridine rings is 1. The number of carbonyl (C=O) groups is 1. The quantitative estimate of drug-likeness (QED) is 0.565.